The van der Waals surface area contributed by atoms with Gasteiger partial charge in [-0.15, -0.1) is 0 Å². The highest BCUT2D eigenvalue weighted by Crippen LogP contribution is 2.60. The Labute approximate surface area is 184 Å². The maximum Gasteiger partial charge on any atom is 0.247 e. The topological polar surface area (TPSA) is 76.7 Å². The Kier molecular flexibility index (Phi) is 5.35. The molecule has 1 aromatic rings. The van der Waals surface area contributed by atoms with Gasteiger partial charge in [0.1, 0.15) is 6.04 Å². The number of benzene rings is 1. The third kappa shape index (κ3) is 4.01. The maximum absolute atomic E-state index is 13.5. The third-order valence-corrected chi connectivity index (χ3v) is 7.77. The Balaban J connectivity index is 1.28. The summed E-state index contributed by atoms with van der Waals surface area (Å²) in [4.78, 5) is 26.6. The minimum atomic E-state index is -0.559. The van der Waals surface area contributed by atoms with Gasteiger partial charge in [0.05, 0.1) is 13.2 Å². The molecule has 4 fully saturated rings. The van der Waals surface area contributed by atoms with Gasteiger partial charge in [-0.2, -0.15) is 0 Å². The van der Waals surface area contributed by atoms with Gasteiger partial charge in [-0.25, -0.2) is 0 Å². The highest BCUT2D eigenvalue weighted by molar-refractivity contribution is 5.98. The lowest BCUT2D eigenvalue weighted by Gasteiger charge is -2.55. The fourth-order valence-corrected chi connectivity index (χ4v) is 6.68. The Morgan fingerprint density at radius 3 is 2.19 bits per heavy atom. The van der Waals surface area contributed by atoms with E-state index in [4.69, 9.17) is 9.47 Å². The molecule has 1 aliphatic heterocycles. The van der Waals surface area contributed by atoms with Gasteiger partial charge in [0.2, 0.25) is 11.8 Å². The van der Waals surface area contributed by atoms with Crippen LogP contribution in [-0.2, 0) is 9.59 Å². The van der Waals surface area contributed by atoms with E-state index >= 15 is 0 Å². The molecule has 4 aliphatic carbocycles. The minimum absolute atomic E-state index is 0.00160. The Hall–Kier alpha value is -2.24. The fourth-order valence-electron chi connectivity index (χ4n) is 6.68. The van der Waals surface area contributed by atoms with Gasteiger partial charge in [-0.05, 0) is 74.3 Å². The fraction of sp³-hybridized carbons (Fsp3) is 0.680. The Morgan fingerprint density at radius 2 is 1.58 bits per heavy atom. The predicted octanol–water partition coefficient (Wildman–Crippen LogP) is 4.14. The van der Waals surface area contributed by atoms with E-state index in [1.807, 2.05) is 26.0 Å². The average Bonchev–Trinajstić information content (AvgIpc) is 2.95. The van der Waals surface area contributed by atoms with Gasteiger partial charge in [-0.3, -0.25) is 9.59 Å². The van der Waals surface area contributed by atoms with Crippen molar-refractivity contribution >= 4 is 17.5 Å². The molecule has 0 saturated heterocycles. The molecule has 0 spiro atoms. The van der Waals surface area contributed by atoms with Crippen molar-refractivity contribution in [3.8, 4) is 11.5 Å². The normalized spacial score (nSPS) is 31.8. The molecular formula is C25H34N2O4. The molecule has 1 aromatic carbocycles. The van der Waals surface area contributed by atoms with Gasteiger partial charge in [-0.1, -0.05) is 13.8 Å². The summed E-state index contributed by atoms with van der Waals surface area (Å²) in [6.45, 7) is 5.20. The van der Waals surface area contributed by atoms with E-state index in [1.54, 1.807) is 6.07 Å². The smallest absolute Gasteiger partial charge is 0.247 e. The molecule has 2 amide bonds. The van der Waals surface area contributed by atoms with Crippen LogP contribution in [0.25, 0.3) is 0 Å². The summed E-state index contributed by atoms with van der Waals surface area (Å²) in [5.74, 6) is 3.36. The predicted molar refractivity (Wildman–Crippen MR) is 118 cm³/mol. The summed E-state index contributed by atoms with van der Waals surface area (Å²) in [6.07, 6.45) is 7.72. The molecule has 6 heteroatoms. The van der Waals surface area contributed by atoms with Crippen LogP contribution in [0.3, 0.4) is 0 Å². The summed E-state index contributed by atoms with van der Waals surface area (Å²) in [5.41, 5.74) is 0.404. The van der Waals surface area contributed by atoms with Crippen molar-refractivity contribution in [2.75, 3.05) is 18.5 Å². The van der Waals surface area contributed by atoms with Crippen molar-refractivity contribution in [2.45, 2.75) is 64.8 Å². The average molecular weight is 427 g/mol. The molecule has 6 rings (SSSR count). The molecule has 0 radical (unpaired) electrons. The number of fused-ring (bicyclic) bond motifs is 1. The number of hydrogen-bond donors (Lipinski definition) is 2. The summed E-state index contributed by atoms with van der Waals surface area (Å²) in [7, 11) is 0. The van der Waals surface area contributed by atoms with E-state index in [-0.39, 0.29) is 23.1 Å². The minimum Gasteiger partial charge on any atom is -0.490 e. The number of rotatable bonds is 5. The first-order valence-corrected chi connectivity index (χ1v) is 11.9. The molecule has 0 aromatic heterocycles. The molecule has 1 atom stereocenters. The Bertz CT molecular complexity index is 830. The van der Waals surface area contributed by atoms with Crippen LogP contribution in [0.5, 0.6) is 11.5 Å². The SMILES string of the molecule is CC(C)[C@H](NC(=O)C12CC3CC(CC(C3)C1)C2)C(=O)Nc1ccc2c(c1)OCCCO2. The van der Waals surface area contributed by atoms with Crippen LogP contribution in [0.15, 0.2) is 18.2 Å². The first-order chi connectivity index (χ1) is 14.9. The van der Waals surface area contributed by atoms with Gasteiger partial charge in [0, 0.05) is 23.6 Å². The van der Waals surface area contributed by atoms with Crippen LogP contribution < -0.4 is 20.1 Å². The molecule has 168 valence electrons. The van der Waals surface area contributed by atoms with E-state index in [2.05, 4.69) is 10.6 Å². The number of hydrogen-bond acceptors (Lipinski definition) is 4. The van der Waals surface area contributed by atoms with Crippen LogP contribution in [0, 0.1) is 29.1 Å². The van der Waals surface area contributed by atoms with Gasteiger partial charge in [0.25, 0.3) is 0 Å². The van der Waals surface area contributed by atoms with Crippen LogP contribution in [0.2, 0.25) is 0 Å². The Morgan fingerprint density at radius 1 is 0.968 bits per heavy atom. The van der Waals surface area contributed by atoms with Crippen molar-refractivity contribution in [2.24, 2.45) is 29.1 Å². The van der Waals surface area contributed by atoms with Gasteiger partial charge >= 0.3 is 0 Å². The molecule has 31 heavy (non-hydrogen) atoms. The van der Waals surface area contributed by atoms with E-state index < -0.39 is 6.04 Å². The number of carbonyl (C=O) groups is 2. The summed E-state index contributed by atoms with van der Waals surface area (Å²) in [6, 6.07) is 4.89. The molecule has 5 aliphatic rings. The zero-order chi connectivity index (χ0) is 21.6. The maximum atomic E-state index is 13.5. The third-order valence-electron chi connectivity index (χ3n) is 7.77. The highest BCUT2D eigenvalue weighted by Gasteiger charge is 2.55. The van der Waals surface area contributed by atoms with Crippen molar-refractivity contribution in [3.05, 3.63) is 18.2 Å². The first kappa shape index (κ1) is 20.7. The van der Waals surface area contributed by atoms with Crippen molar-refractivity contribution in [1.82, 2.24) is 5.32 Å². The van der Waals surface area contributed by atoms with Gasteiger partial charge < -0.3 is 20.1 Å². The van der Waals surface area contributed by atoms with Crippen molar-refractivity contribution in [1.29, 1.82) is 0 Å². The lowest BCUT2D eigenvalue weighted by molar-refractivity contribution is -0.148. The summed E-state index contributed by atoms with van der Waals surface area (Å²) < 4.78 is 11.4. The molecule has 2 N–H and O–H groups in total. The molecular weight excluding hydrogens is 392 g/mol. The molecule has 4 saturated carbocycles. The lowest BCUT2D eigenvalue weighted by atomic mass is 9.49. The van der Waals surface area contributed by atoms with E-state index in [9.17, 15) is 9.59 Å². The summed E-state index contributed by atoms with van der Waals surface area (Å²) in [5, 5.41) is 6.14. The second-order valence-corrected chi connectivity index (χ2v) is 10.6. The number of ether oxygens (including phenoxy) is 2. The number of anilines is 1. The van der Waals surface area contributed by atoms with E-state index in [0.29, 0.717) is 48.2 Å². The van der Waals surface area contributed by atoms with Crippen molar-refractivity contribution < 1.29 is 19.1 Å². The van der Waals surface area contributed by atoms with Crippen LogP contribution in [-0.4, -0.2) is 31.1 Å². The quantitative estimate of drug-likeness (QED) is 0.742. The number of nitrogens with one attached hydrogen (secondary N) is 2. The molecule has 1 heterocycles. The number of amides is 2. The molecule has 0 unspecified atom stereocenters. The van der Waals surface area contributed by atoms with E-state index in [0.717, 1.165) is 25.7 Å². The van der Waals surface area contributed by atoms with Crippen LogP contribution >= 0.6 is 0 Å². The van der Waals surface area contributed by atoms with Crippen molar-refractivity contribution in [3.63, 3.8) is 0 Å². The summed E-state index contributed by atoms with van der Waals surface area (Å²) >= 11 is 0. The largest absolute Gasteiger partial charge is 0.490 e. The van der Waals surface area contributed by atoms with Gasteiger partial charge in [0.15, 0.2) is 11.5 Å². The zero-order valence-electron chi connectivity index (χ0n) is 18.6. The van der Waals surface area contributed by atoms with Crippen LogP contribution in [0.4, 0.5) is 5.69 Å². The highest BCUT2D eigenvalue weighted by atomic mass is 16.5. The molecule has 6 nitrogen and oxygen atoms in total. The standard InChI is InChI=1S/C25H34N2O4/c1-15(2)22(23(28)26-19-4-5-20-21(11-19)31-7-3-6-30-20)27-24(29)25-12-16-8-17(13-25)10-18(9-16)14-25/h4-5,11,15-18,22H,3,6-10,12-14H2,1-2H3,(H,26,28)(H,27,29)/t16?,17?,18?,22-,25?/m0/s1. The van der Waals surface area contributed by atoms with E-state index in [1.165, 1.54) is 19.3 Å². The second-order valence-electron chi connectivity index (χ2n) is 10.6. The lowest BCUT2D eigenvalue weighted by Crippen LogP contribution is -2.57. The molecule has 4 bridgehead atoms. The second kappa shape index (κ2) is 8.03. The van der Waals surface area contributed by atoms with Crippen LogP contribution in [0.1, 0.15) is 58.8 Å². The number of carbonyl (C=O) groups excluding carboxylic acids is 2. The monoisotopic (exact) mass is 426 g/mol. The zero-order valence-corrected chi connectivity index (χ0v) is 18.6. The first-order valence-electron chi connectivity index (χ1n) is 11.9.